The van der Waals surface area contributed by atoms with Crippen molar-refractivity contribution in [3.63, 3.8) is 0 Å². The number of aromatic amines is 1. The second-order valence-electron chi connectivity index (χ2n) is 7.52. The highest BCUT2D eigenvalue weighted by atomic mass is 35.5. The molecule has 0 aliphatic heterocycles. The maximum atomic E-state index is 6.38. The molecule has 5 aromatic rings. The summed E-state index contributed by atoms with van der Waals surface area (Å²) in [6.45, 7) is 0.619. The summed E-state index contributed by atoms with van der Waals surface area (Å²) in [7, 11) is 0. The van der Waals surface area contributed by atoms with Crippen LogP contribution >= 0.6 is 23.8 Å². The van der Waals surface area contributed by atoms with Gasteiger partial charge in [-0.2, -0.15) is 5.10 Å². The average molecular weight is 490 g/mol. The molecule has 5 rings (SSSR count). The lowest BCUT2D eigenvalue weighted by molar-refractivity contribution is 0.0213. The van der Waals surface area contributed by atoms with Crippen molar-refractivity contribution in [1.29, 1.82) is 0 Å². The normalized spacial score (nSPS) is 12.0. The average Bonchev–Trinajstić information content (AvgIpc) is 3.49. The summed E-state index contributed by atoms with van der Waals surface area (Å²) in [5.41, 5.74) is 2.78. The summed E-state index contributed by atoms with van der Waals surface area (Å²) in [5.74, 6) is 1.32. The van der Waals surface area contributed by atoms with Gasteiger partial charge in [0, 0.05) is 16.3 Å². The number of aromatic nitrogens is 7. The van der Waals surface area contributed by atoms with E-state index in [1.165, 1.54) is 0 Å². The highest BCUT2D eigenvalue weighted by Crippen LogP contribution is 2.25. The van der Waals surface area contributed by atoms with Gasteiger partial charge in [0.2, 0.25) is 0 Å². The summed E-state index contributed by atoms with van der Waals surface area (Å²) in [6, 6.07) is 27.2. The van der Waals surface area contributed by atoms with Crippen molar-refractivity contribution in [2.24, 2.45) is 0 Å². The van der Waals surface area contributed by atoms with Gasteiger partial charge >= 0.3 is 0 Å². The Morgan fingerprint density at radius 3 is 2.38 bits per heavy atom. The van der Waals surface area contributed by atoms with E-state index < -0.39 is 0 Å². The minimum atomic E-state index is -0.363. The number of ether oxygens (including phenoxy) is 1. The number of benzene rings is 3. The Balaban J connectivity index is 1.44. The Bertz CT molecular complexity index is 1420. The van der Waals surface area contributed by atoms with Crippen LogP contribution < -0.4 is 0 Å². The number of nitrogens with one attached hydrogen (secondary N) is 1. The molecule has 0 bridgehead atoms. The molecule has 2 heterocycles. The minimum absolute atomic E-state index is 0.220. The maximum Gasteiger partial charge on any atom is 0.199 e. The number of H-pyrrole nitrogens is 1. The van der Waals surface area contributed by atoms with Crippen LogP contribution in [0, 0.1) is 4.77 Å². The lowest BCUT2D eigenvalue weighted by Crippen LogP contribution is -2.16. The monoisotopic (exact) mass is 489 g/mol. The molecule has 0 saturated heterocycles. The van der Waals surface area contributed by atoms with Crippen LogP contribution in [0.4, 0.5) is 0 Å². The van der Waals surface area contributed by atoms with Crippen LogP contribution in [-0.2, 0) is 17.9 Å². The number of halogens is 1. The predicted octanol–water partition coefficient (Wildman–Crippen LogP) is 5.19. The molecule has 1 unspecified atom stereocenters. The van der Waals surface area contributed by atoms with Crippen molar-refractivity contribution in [2.75, 3.05) is 0 Å². The Kier molecular flexibility index (Phi) is 6.57. The van der Waals surface area contributed by atoms with Crippen LogP contribution in [0.5, 0.6) is 0 Å². The molecule has 34 heavy (non-hydrogen) atoms. The molecule has 0 aliphatic carbocycles. The molecule has 8 nitrogen and oxygen atoms in total. The van der Waals surface area contributed by atoms with Gasteiger partial charge in [-0.1, -0.05) is 72.3 Å². The van der Waals surface area contributed by atoms with Crippen molar-refractivity contribution >= 4 is 23.8 Å². The molecule has 0 saturated carbocycles. The third-order valence-electron chi connectivity index (χ3n) is 5.31. The van der Waals surface area contributed by atoms with Crippen LogP contribution in [0.25, 0.3) is 17.1 Å². The first-order valence-corrected chi connectivity index (χ1v) is 11.4. The van der Waals surface area contributed by atoms with E-state index in [1.54, 1.807) is 4.68 Å². The van der Waals surface area contributed by atoms with E-state index in [-0.39, 0.29) is 12.7 Å². The fourth-order valence-corrected chi connectivity index (χ4v) is 4.04. The number of hydrogen-bond donors (Lipinski definition) is 1. The summed E-state index contributed by atoms with van der Waals surface area (Å²) < 4.78 is 10.5. The topological polar surface area (TPSA) is 86.4 Å². The third kappa shape index (κ3) is 4.81. The Morgan fingerprint density at radius 1 is 0.941 bits per heavy atom. The molecule has 0 radical (unpaired) electrons. The molecule has 10 heteroatoms. The van der Waals surface area contributed by atoms with E-state index in [0.717, 1.165) is 16.8 Å². The van der Waals surface area contributed by atoms with Gasteiger partial charge in [-0.25, -0.2) is 4.68 Å². The first-order valence-electron chi connectivity index (χ1n) is 10.6. The van der Waals surface area contributed by atoms with E-state index in [2.05, 4.69) is 25.7 Å². The van der Waals surface area contributed by atoms with E-state index in [9.17, 15) is 0 Å². The molecule has 2 aromatic heterocycles. The van der Waals surface area contributed by atoms with Crippen LogP contribution in [0.3, 0.4) is 0 Å². The molecule has 1 N–H and O–H groups in total. The van der Waals surface area contributed by atoms with Gasteiger partial charge in [-0.05, 0) is 52.5 Å². The van der Waals surface area contributed by atoms with E-state index in [1.807, 2.05) is 89.5 Å². The standard InChI is InChI=1S/C24H20ClN7OS/c25-19-13-11-17(12-14-19)21(15-31-23(27-29-30-31)18-7-3-1-4-8-18)33-16-22-26-28-24(34)32(22)20-9-5-2-6-10-20/h1-14,21H,15-16H2,(H,28,34). The molecule has 1 atom stereocenters. The minimum Gasteiger partial charge on any atom is -0.364 e. The quantitative estimate of drug-likeness (QED) is 0.302. The van der Waals surface area contributed by atoms with Crippen LogP contribution in [0.15, 0.2) is 84.9 Å². The first kappa shape index (κ1) is 22.1. The molecular formula is C24H20ClN7OS. The number of rotatable bonds is 8. The highest BCUT2D eigenvalue weighted by Gasteiger charge is 2.19. The third-order valence-corrected chi connectivity index (χ3v) is 5.84. The maximum absolute atomic E-state index is 6.38. The summed E-state index contributed by atoms with van der Waals surface area (Å²) >= 11 is 11.6. The van der Waals surface area contributed by atoms with Gasteiger partial charge in [0.15, 0.2) is 16.4 Å². The molecule has 0 aliphatic rings. The molecule has 0 spiro atoms. The summed E-state index contributed by atoms with van der Waals surface area (Å²) in [4.78, 5) is 0. The SMILES string of the molecule is S=c1[nH]nc(COC(Cn2nnnc2-c2ccccc2)c2ccc(Cl)cc2)n1-c1ccccc1. The Labute approximate surface area is 205 Å². The van der Waals surface area contributed by atoms with Gasteiger partial charge in [0.05, 0.1) is 6.54 Å². The van der Waals surface area contributed by atoms with Gasteiger partial charge < -0.3 is 4.74 Å². The van der Waals surface area contributed by atoms with Crippen molar-refractivity contribution in [1.82, 2.24) is 35.0 Å². The predicted molar refractivity (Wildman–Crippen MR) is 131 cm³/mol. The second kappa shape index (κ2) is 10.1. The van der Waals surface area contributed by atoms with Crippen LogP contribution in [0.1, 0.15) is 17.5 Å². The van der Waals surface area contributed by atoms with Crippen molar-refractivity contribution in [2.45, 2.75) is 19.3 Å². The molecule has 3 aromatic carbocycles. The zero-order valence-electron chi connectivity index (χ0n) is 18.0. The zero-order valence-corrected chi connectivity index (χ0v) is 19.5. The van der Waals surface area contributed by atoms with Gasteiger partial charge in [0.1, 0.15) is 12.7 Å². The molecule has 0 fully saturated rings. The van der Waals surface area contributed by atoms with Crippen LogP contribution in [0.2, 0.25) is 5.02 Å². The fraction of sp³-hybridized carbons (Fsp3) is 0.125. The Hall–Kier alpha value is -3.66. The van der Waals surface area contributed by atoms with Crippen molar-refractivity contribution in [3.05, 3.63) is 106 Å². The highest BCUT2D eigenvalue weighted by molar-refractivity contribution is 7.71. The van der Waals surface area contributed by atoms with Gasteiger partial charge in [0.25, 0.3) is 0 Å². The molecule has 0 amide bonds. The first-order chi connectivity index (χ1) is 16.7. The number of para-hydroxylation sites is 1. The molecular weight excluding hydrogens is 470 g/mol. The van der Waals surface area contributed by atoms with Gasteiger partial charge in [-0.3, -0.25) is 9.67 Å². The molecule has 170 valence electrons. The van der Waals surface area contributed by atoms with Crippen LogP contribution in [-0.4, -0.2) is 35.0 Å². The van der Waals surface area contributed by atoms with Gasteiger partial charge in [-0.15, -0.1) is 5.10 Å². The lowest BCUT2D eigenvalue weighted by atomic mass is 10.1. The van der Waals surface area contributed by atoms with Crippen molar-refractivity contribution in [3.8, 4) is 17.1 Å². The zero-order chi connectivity index (χ0) is 23.3. The van der Waals surface area contributed by atoms with E-state index in [0.29, 0.717) is 28.0 Å². The summed E-state index contributed by atoms with van der Waals surface area (Å²) in [5, 5.41) is 20.2. The lowest BCUT2D eigenvalue weighted by Gasteiger charge is -2.19. The number of tetrazole rings is 1. The number of nitrogens with zero attached hydrogens (tertiary/aromatic N) is 6. The fourth-order valence-electron chi connectivity index (χ4n) is 3.66. The smallest absolute Gasteiger partial charge is 0.199 e. The largest absolute Gasteiger partial charge is 0.364 e. The second-order valence-corrected chi connectivity index (χ2v) is 8.34. The Morgan fingerprint density at radius 2 is 1.65 bits per heavy atom. The van der Waals surface area contributed by atoms with Crippen molar-refractivity contribution < 1.29 is 4.74 Å². The summed E-state index contributed by atoms with van der Waals surface area (Å²) in [6.07, 6.45) is -0.363. The number of hydrogen-bond acceptors (Lipinski definition) is 6. The van der Waals surface area contributed by atoms with E-state index in [4.69, 9.17) is 28.6 Å². The van der Waals surface area contributed by atoms with E-state index >= 15 is 0 Å².